The summed E-state index contributed by atoms with van der Waals surface area (Å²) in [6.07, 6.45) is 10.9. The van der Waals surface area contributed by atoms with Crippen LogP contribution < -0.4 is 0 Å². The van der Waals surface area contributed by atoms with Gasteiger partial charge in [-0.1, -0.05) is 62.5 Å². The number of carbonyl (C=O) groups is 1. The molecule has 2 unspecified atom stereocenters. The van der Waals surface area contributed by atoms with E-state index in [1.54, 1.807) is 0 Å². The Bertz CT molecular complexity index is 906. The van der Waals surface area contributed by atoms with Crippen LogP contribution in [-0.2, 0) is 14.3 Å². The average molecular weight is 481 g/mol. The molecule has 35 heavy (non-hydrogen) atoms. The maximum atomic E-state index is 11.8. The lowest BCUT2D eigenvalue weighted by Gasteiger charge is -2.45. The predicted octanol–water partition coefficient (Wildman–Crippen LogP) is 7.98. The molecule has 6 atom stereocenters. The van der Waals surface area contributed by atoms with Crippen molar-refractivity contribution in [2.24, 2.45) is 34.5 Å². The molecule has 1 heterocycles. The van der Waals surface area contributed by atoms with E-state index in [0.29, 0.717) is 23.5 Å². The van der Waals surface area contributed by atoms with E-state index >= 15 is 0 Å². The van der Waals surface area contributed by atoms with Crippen molar-refractivity contribution < 1.29 is 14.3 Å². The van der Waals surface area contributed by atoms with Crippen molar-refractivity contribution in [3.8, 4) is 0 Å². The molecule has 0 aromatic heterocycles. The van der Waals surface area contributed by atoms with Crippen LogP contribution in [0, 0.1) is 34.5 Å². The van der Waals surface area contributed by atoms with E-state index in [2.05, 4.69) is 54.0 Å². The molecular formula is C32H48O3. The molecule has 0 amide bonds. The number of carbonyl (C=O) groups excluding carboxylic acids is 1. The molecule has 5 aliphatic rings. The van der Waals surface area contributed by atoms with Gasteiger partial charge in [0.05, 0.1) is 13.2 Å². The zero-order chi connectivity index (χ0) is 25.6. The van der Waals surface area contributed by atoms with Gasteiger partial charge in [0.15, 0.2) is 5.79 Å². The lowest BCUT2D eigenvalue weighted by atomic mass is 9.60. The molecule has 5 fully saturated rings. The highest BCUT2D eigenvalue weighted by Crippen LogP contribution is 2.62. The van der Waals surface area contributed by atoms with Gasteiger partial charge in [0, 0.05) is 30.1 Å². The summed E-state index contributed by atoms with van der Waals surface area (Å²) in [5, 5.41) is 0. The summed E-state index contributed by atoms with van der Waals surface area (Å²) in [5.74, 6) is 1.95. The summed E-state index contributed by atoms with van der Waals surface area (Å²) < 4.78 is 12.0. The smallest absolute Gasteiger partial charge is 0.171 e. The first-order valence-electron chi connectivity index (χ1n) is 14.0. The van der Waals surface area contributed by atoms with Crippen molar-refractivity contribution in [3.05, 3.63) is 48.6 Å². The second kappa shape index (κ2) is 9.78. The Morgan fingerprint density at radius 3 is 1.80 bits per heavy atom. The van der Waals surface area contributed by atoms with E-state index in [9.17, 15) is 4.79 Å². The zero-order valence-electron chi connectivity index (χ0n) is 22.8. The Morgan fingerprint density at radius 1 is 0.800 bits per heavy atom. The van der Waals surface area contributed by atoms with Crippen LogP contribution in [0.3, 0.4) is 0 Å². The van der Waals surface area contributed by atoms with Gasteiger partial charge in [-0.2, -0.15) is 0 Å². The monoisotopic (exact) mass is 480 g/mol. The third kappa shape index (κ3) is 4.46. The molecule has 0 radical (unpaired) electrons. The lowest BCUT2D eigenvalue weighted by molar-refractivity contribution is -0.188. The Kier molecular flexibility index (Phi) is 7.44. The molecule has 3 spiro atoms. The Morgan fingerprint density at radius 2 is 1.31 bits per heavy atom. The number of rotatable bonds is 2. The summed E-state index contributed by atoms with van der Waals surface area (Å²) in [5.41, 5.74) is 5.68. The fourth-order valence-corrected chi connectivity index (χ4v) is 8.14. The van der Waals surface area contributed by atoms with Crippen molar-refractivity contribution in [2.75, 3.05) is 13.2 Å². The normalized spacial score (nSPS) is 40.4. The van der Waals surface area contributed by atoms with Crippen LogP contribution in [0.1, 0.15) is 91.9 Å². The minimum absolute atomic E-state index is 0.110. The maximum Gasteiger partial charge on any atom is 0.171 e. The summed E-state index contributed by atoms with van der Waals surface area (Å²) in [7, 11) is 0. The van der Waals surface area contributed by atoms with Gasteiger partial charge < -0.3 is 9.47 Å². The highest BCUT2D eigenvalue weighted by Gasteiger charge is 2.60. The molecule has 5 rings (SSSR count). The van der Waals surface area contributed by atoms with Crippen LogP contribution in [0.2, 0.25) is 0 Å². The van der Waals surface area contributed by atoms with Gasteiger partial charge in [0.2, 0.25) is 0 Å². The second-order valence-corrected chi connectivity index (χ2v) is 12.5. The van der Waals surface area contributed by atoms with E-state index in [1.807, 2.05) is 0 Å². The van der Waals surface area contributed by atoms with Gasteiger partial charge >= 0.3 is 0 Å². The first-order valence-corrected chi connectivity index (χ1v) is 14.0. The second-order valence-electron chi connectivity index (χ2n) is 12.5. The fraction of sp³-hybridized carbons (Fsp3) is 0.719. The fourth-order valence-electron chi connectivity index (χ4n) is 8.14. The van der Waals surface area contributed by atoms with Gasteiger partial charge in [0.1, 0.15) is 5.78 Å². The van der Waals surface area contributed by atoms with Crippen LogP contribution >= 0.6 is 0 Å². The van der Waals surface area contributed by atoms with Crippen molar-refractivity contribution >= 4 is 5.78 Å². The number of Topliss-reactive ketones (excluding diaryl/α,β-unsaturated/α-hetero) is 1. The number of hydrogen-bond donors (Lipinski definition) is 0. The Hall–Kier alpha value is -1.45. The molecule has 4 aliphatic carbocycles. The van der Waals surface area contributed by atoms with Gasteiger partial charge in [-0.3, -0.25) is 4.79 Å². The highest BCUT2D eigenvalue weighted by atomic mass is 16.7. The van der Waals surface area contributed by atoms with Gasteiger partial charge in [-0.15, -0.1) is 0 Å². The molecule has 3 nitrogen and oxygen atoms in total. The van der Waals surface area contributed by atoms with E-state index in [1.165, 1.54) is 41.6 Å². The largest absolute Gasteiger partial charge is 0.347 e. The molecule has 0 bridgehead atoms. The molecule has 1 aliphatic heterocycles. The third-order valence-corrected chi connectivity index (χ3v) is 10.9. The minimum atomic E-state index is -0.320. The molecule has 0 aromatic rings. The summed E-state index contributed by atoms with van der Waals surface area (Å²) in [4.78, 5) is 11.8. The summed E-state index contributed by atoms with van der Waals surface area (Å²) in [6, 6.07) is 0. The maximum absolute atomic E-state index is 11.8. The van der Waals surface area contributed by atoms with Crippen molar-refractivity contribution in [1.82, 2.24) is 0 Å². The third-order valence-electron chi connectivity index (χ3n) is 10.9. The minimum Gasteiger partial charge on any atom is -0.347 e. The van der Waals surface area contributed by atoms with Crippen LogP contribution in [0.25, 0.3) is 0 Å². The van der Waals surface area contributed by atoms with E-state index in [-0.39, 0.29) is 22.5 Å². The van der Waals surface area contributed by atoms with Crippen molar-refractivity contribution in [3.63, 3.8) is 0 Å². The van der Waals surface area contributed by atoms with Crippen LogP contribution in [0.15, 0.2) is 48.6 Å². The van der Waals surface area contributed by atoms with Crippen LogP contribution in [-0.4, -0.2) is 24.8 Å². The molecule has 1 saturated heterocycles. The Balaban J connectivity index is 0.000000168. The summed E-state index contributed by atoms with van der Waals surface area (Å²) >= 11 is 0. The van der Waals surface area contributed by atoms with E-state index < -0.39 is 0 Å². The quantitative estimate of drug-likeness (QED) is 0.376. The molecule has 0 N–H and O–H groups in total. The molecule has 3 heteroatoms. The number of ketones is 1. The van der Waals surface area contributed by atoms with Crippen molar-refractivity contribution in [2.45, 2.75) is 97.7 Å². The number of allylic oxidation sites excluding steroid dienone is 4. The predicted molar refractivity (Wildman–Crippen MR) is 144 cm³/mol. The zero-order valence-corrected chi connectivity index (χ0v) is 22.8. The first-order chi connectivity index (χ1) is 16.5. The Labute approximate surface area is 214 Å². The van der Waals surface area contributed by atoms with Gasteiger partial charge in [-0.05, 0) is 82.5 Å². The first kappa shape index (κ1) is 26.6. The molecule has 0 aromatic carbocycles. The highest BCUT2D eigenvalue weighted by molar-refractivity contribution is 5.84. The van der Waals surface area contributed by atoms with Crippen molar-refractivity contribution in [1.29, 1.82) is 0 Å². The van der Waals surface area contributed by atoms with Crippen LogP contribution in [0.4, 0.5) is 0 Å². The SMILES string of the molecule is C=C(C)[C@H]1CCC(=C)[C@]2(CCC(=O)C2C)C1.C=C(C)[C@H]1CCC(=C)[C@]2(CCC3(OCCO3)C2C)C1. The van der Waals surface area contributed by atoms with Crippen LogP contribution in [0.5, 0.6) is 0 Å². The topological polar surface area (TPSA) is 35.5 Å². The van der Waals surface area contributed by atoms with E-state index in [0.717, 1.165) is 58.2 Å². The average Bonchev–Trinajstić information content (AvgIpc) is 3.49. The molecule has 4 saturated carbocycles. The van der Waals surface area contributed by atoms with Gasteiger partial charge in [0.25, 0.3) is 0 Å². The van der Waals surface area contributed by atoms with Gasteiger partial charge in [-0.25, -0.2) is 0 Å². The molecule has 194 valence electrons. The standard InChI is InChI=1S/C17H26O2.C15H22O/c1-12(2)15-6-5-13(3)16(11-15)7-8-17(14(16)4)18-9-10-19-17;1-10(2)13-6-5-11(3)15(9-13)8-7-14(16)12(15)4/h14-15H,1,3,5-11H2,2,4H3;12-13H,1,3,5-9H2,2,4H3/t14?,15-,16-;12?,13-,15-/m00/s1. The lowest BCUT2D eigenvalue weighted by Crippen LogP contribution is -2.42. The number of ether oxygens (including phenoxy) is 2. The summed E-state index contributed by atoms with van der Waals surface area (Å²) in [6.45, 7) is 27.1. The number of hydrogen-bond acceptors (Lipinski definition) is 3. The van der Waals surface area contributed by atoms with E-state index in [4.69, 9.17) is 9.47 Å². The molecular weight excluding hydrogens is 432 g/mol.